The monoisotopic (exact) mass is 558 g/mol. The molecular weight excluding hydrogens is 528 g/mol. The van der Waals surface area contributed by atoms with Crippen LogP contribution in [0.3, 0.4) is 0 Å². The summed E-state index contributed by atoms with van der Waals surface area (Å²) in [7, 11) is 1.59. The fraction of sp³-hybridized carbons (Fsp3) is 0.176. The first-order valence-electron chi connectivity index (χ1n) is 13.6. The van der Waals surface area contributed by atoms with Gasteiger partial charge in [0.25, 0.3) is 11.8 Å². The van der Waals surface area contributed by atoms with Crippen LogP contribution in [-0.4, -0.2) is 46.8 Å². The normalized spacial score (nSPS) is 14.3. The van der Waals surface area contributed by atoms with Crippen LogP contribution in [0.2, 0.25) is 0 Å². The summed E-state index contributed by atoms with van der Waals surface area (Å²) in [5.74, 6) is 0.431. The summed E-state index contributed by atoms with van der Waals surface area (Å²) < 4.78 is 12.6. The van der Waals surface area contributed by atoms with E-state index in [1.807, 2.05) is 98.1 Å². The smallest absolute Gasteiger partial charge is 0.271 e. The summed E-state index contributed by atoms with van der Waals surface area (Å²) >= 11 is 0. The largest absolute Gasteiger partial charge is 0.497 e. The molecule has 1 aliphatic rings. The summed E-state index contributed by atoms with van der Waals surface area (Å²) in [5.41, 5.74) is 4.52. The van der Waals surface area contributed by atoms with E-state index in [1.165, 1.54) is 0 Å². The van der Waals surface area contributed by atoms with Crippen LogP contribution in [0, 0.1) is 11.3 Å². The number of methoxy groups -OCH3 is 1. The average Bonchev–Trinajstić information content (AvgIpc) is 3.44. The fourth-order valence-electron chi connectivity index (χ4n) is 4.83. The van der Waals surface area contributed by atoms with Crippen molar-refractivity contribution >= 4 is 17.9 Å². The number of imide groups is 1. The van der Waals surface area contributed by atoms with E-state index in [0.29, 0.717) is 29.9 Å². The second kappa shape index (κ2) is 12.4. The van der Waals surface area contributed by atoms with Crippen molar-refractivity contribution in [3.8, 4) is 34.5 Å². The predicted molar refractivity (Wildman–Crippen MR) is 160 cm³/mol. The summed E-state index contributed by atoms with van der Waals surface area (Å²) in [4.78, 5) is 28.2. The Morgan fingerprint density at radius 1 is 0.929 bits per heavy atom. The van der Waals surface area contributed by atoms with Gasteiger partial charge in [0.1, 0.15) is 23.1 Å². The fourth-order valence-corrected chi connectivity index (χ4v) is 4.83. The van der Waals surface area contributed by atoms with Gasteiger partial charge in [-0.25, -0.2) is 4.68 Å². The third kappa shape index (κ3) is 5.72. The maximum absolute atomic E-state index is 13.8. The maximum Gasteiger partial charge on any atom is 0.271 e. The molecule has 0 fully saturated rings. The van der Waals surface area contributed by atoms with Crippen LogP contribution in [0.15, 0.2) is 102 Å². The van der Waals surface area contributed by atoms with Gasteiger partial charge in [-0.2, -0.15) is 10.4 Å². The van der Waals surface area contributed by atoms with Crippen molar-refractivity contribution in [3.05, 3.63) is 113 Å². The van der Waals surface area contributed by atoms with Crippen LogP contribution in [0.25, 0.3) is 23.0 Å². The zero-order valence-electron chi connectivity index (χ0n) is 23.7. The molecule has 0 atom stereocenters. The van der Waals surface area contributed by atoms with E-state index < -0.39 is 11.8 Å². The molecule has 0 N–H and O–H groups in total. The molecule has 0 unspecified atom stereocenters. The SMILES string of the molecule is CCOc1ccc(-c2nn(-c3ccccc3)cc2/C=C2/C(=O)N(CCc3ccc(OC)cc3)C(=O)C(C#N)=C2C)cc1. The summed E-state index contributed by atoms with van der Waals surface area (Å²) in [5, 5.41) is 14.7. The molecule has 1 aromatic heterocycles. The van der Waals surface area contributed by atoms with Crippen LogP contribution in [0.1, 0.15) is 25.0 Å². The Morgan fingerprint density at radius 3 is 2.26 bits per heavy atom. The van der Waals surface area contributed by atoms with Crippen molar-refractivity contribution in [2.24, 2.45) is 0 Å². The highest BCUT2D eigenvalue weighted by atomic mass is 16.5. The Bertz CT molecular complexity index is 1710. The van der Waals surface area contributed by atoms with Crippen LogP contribution in [0.5, 0.6) is 11.5 Å². The molecular formula is C34H30N4O4. The van der Waals surface area contributed by atoms with Crippen LogP contribution in [-0.2, 0) is 16.0 Å². The van der Waals surface area contributed by atoms with Gasteiger partial charge in [0.2, 0.25) is 0 Å². The number of aromatic nitrogens is 2. The highest BCUT2D eigenvalue weighted by Crippen LogP contribution is 2.32. The van der Waals surface area contributed by atoms with Gasteiger partial charge in [0.15, 0.2) is 0 Å². The highest BCUT2D eigenvalue weighted by Gasteiger charge is 2.35. The molecule has 2 amide bonds. The quantitative estimate of drug-likeness (QED) is 0.191. The first-order chi connectivity index (χ1) is 20.4. The van der Waals surface area contributed by atoms with E-state index in [2.05, 4.69) is 0 Å². The minimum Gasteiger partial charge on any atom is -0.497 e. The summed E-state index contributed by atoms with van der Waals surface area (Å²) in [6.07, 6.45) is 4.01. The predicted octanol–water partition coefficient (Wildman–Crippen LogP) is 5.78. The molecule has 0 radical (unpaired) electrons. The Morgan fingerprint density at radius 2 is 1.62 bits per heavy atom. The van der Waals surface area contributed by atoms with Gasteiger partial charge in [0, 0.05) is 29.4 Å². The first-order valence-corrected chi connectivity index (χ1v) is 13.6. The molecule has 3 aromatic carbocycles. The van der Waals surface area contributed by atoms with E-state index in [-0.39, 0.29) is 17.7 Å². The third-order valence-electron chi connectivity index (χ3n) is 7.11. The Hall–Kier alpha value is -5.42. The van der Waals surface area contributed by atoms with E-state index in [0.717, 1.165) is 33.2 Å². The van der Waals surface area contributed by atoms with Gasteiger partial charge in [-0.3, -0.25) is 14.5 Å². The lowest BCUT2D eigenvalue weighted by atomic mass is 9.93. The molecule has 1 aliphatic heterocycles. The molecule has 5 rings (SSSR count). The molecule has 0 saturated heterocycles. The van der Waals surface area contributed by atoms with Crippen LogP contribution < -0.4 is 9.47 Å². The Balaban J connectivity index is 1.55. The molecule has 2 heterocycles. The number of ether oxygens (including phenoxy) is 2. The third-order valence-corrected chi connectivity index (χ3v) is 7.11. The summed E-state index contributed by atoms with van der Waals surface area (Å²) in [6.45, 7) is 4.26. The van der Waals surface area contributed by atoms with Gasteiger partial charge < -0.3 is 9.47 Å². The minimum absolute atomic E-state index is 0.0475. The van der Waals surface area contributed by atoms with Gasteiger partial charge in [-0.1, -0.05) is 30.3 Å². The number of carbonyl (C=O) groups excluding carboxylic acids is 2. The van der Waals surface area contributed by atoms with Crippen molar-refractivity contribution in [1.29, 1.82) is 5.26 Å². The number of hydrogen-bond acceptors (Lipinski definition) is 6. The molecule has 0 aliphatic carbocycles. The van der Waals surface area contributed by atoms with Crippen LogP contribution >= 0.6 is 0 Å². The van der Waals surface area contributed by atoms with Crippen molar-refractivity contribution in [3.63, 3.8) is 0 Å². The maximum atomic E-state index is 13.8. The number of nitrogens with zero attached hydrogens (tertiary/aromatic N) is 4. The lowest BCUT2D eigenvalue weighted by molar-refractivity contribution is -0.140. The molecule has 0 spiro atoms. The number of rotatable bonds is 9. The zero-order valence-corrected chi connectivity index (χ0v) is 23.7. The van der Waals surface area contributed by atoms with Crippen molar-refractivity contribution in [2.75, 3.05) is 20.3 Å². The number of carbonyl (C=O) groups is 2. The number of nitriles is 1. The van der Waals surface area contributed by atoms with Crippen molar-refractivity contribution < 1.29 is 19.1 Å². The first kappa shape index (κ1) is 28.1. The molecule has 42 heavy (non-hydrogen) atoms. The molecule has 0 saturated carbocycles. The standard InChI is InChI=1S/C34H30N4O4/c1-4-42-29-16-12-25(13-17-29)32-26(22-38(36-32)27-8-6-5-7-9-27)20-30-23(2)31(21-35)34(40)37(33(30)39)19-18-24-10-14-28(41-3)15-11-24/h5-17,20,22H,4,18-19H2,1-3H3/b30-20+. The minimum atomic E-state index is -0.586. The molecule has 8 nitrogen and oxygen atoms in total. The zero-order chi connectivity index (χ0) is 29.6. The molecule has 4 aromatic rings. The number of hydrogen-bond donors (Lipinski definition) is 0. The van der Waals surface area contributed by atoms with E-state index in [4.69, 9.17) is 14.6 Å². The lowest BCUT2D eigenvalue weighted by Crippen LogP contribution is -2.43. The van der Waals surface area contributed by atoms with Crippen molar-refractivity contribution in [2.45, 2.75) is 20.3 Å². The van der Waals surface area contributed by atoms with Gasteiger partial charge >= 0.3 is 0 Å². The topological polar surface area (TPSA) is 97.4 Å². The van der Waals surface area contributed by atoms with Crippen molar-refractivity contribution in [1.82, 2.24) is 14.7 Å². The number of amides is 2. The van der Waals surface area contributed by atoms with Gasteiger partial charge in [-0.15, -0.1) is 0 Å². The van der Waals surface area contributed by atoms with Crippen LogP contribution in [0.4, 0.5) is 0 Å². The van der Waals surface area contributed by atoms with E-state index in [1.54, 1.807) is 24.8 Å². The molecule has 8 heteroatoms. The second-order valence-corrected chi connectivity index (χ2v) is 9.70. The molecule has 210 valence electrons. The van der Waals surface area contributed by atoms with E-state index in [9.17, 15) is 14.9 Å². The van der Waals surface area contributed by atoms with E-state index >= 15 is 0 Å². The summed E-state index contributed by atoms with van der Waals surface area (Å²) in [6, 6.07) is 26.7. The van der Waals surface area contributed by atoms with Gasteiger partial charge in [0.05, 0.1) is 25.1 Å². The Kier molecular flexibility index (Phi) is 8.30. The highest BCUT2D eigenvalue weighted by molar-refractivity contribution is 6.19. The average molecular weight is 559 g/mol. The Labute approximate surface area is 244 Å². The number of benzene rings is 3. The molecule has 0 bridgehead atoms. The lowest BCUT2D eigenvalue weighted by Gasteiger charge is -2.27. The number of para-hydroxylation sites is 1. The van der Waals surface area contributed by atoms with Gasteiger partial charge in [-0.05, 0) is 86.0 Å². The second-order valence-electron chi connectivity index (χ2n) is 9.70.